The van der Waals surface area contributed by atoms with Crippen LogP contribution in [0.4, 0.5) is 8.78 Å². The van der Waals surface area contributed by atoms with Gasteiger partial charge in [-0.1, -0.05) is 34.1 Å². The highest BCUT2D eigenvalue weighted by atomic mass is 79.9. The zero-order valence-corrected chi connectivity index (χ0v) is 13.0. The summed E-state index contributed by atoms with van der Waals surface area (Å²) in [7, 11) is 0. The number of rotatable bonds is 4. The Hall–Kier alpha value is -0.940. The van der Waals surface area contributed by atoms with Crippen LogP contribution in [0.25, 0.3) is 0 Å². The van der Waals surface area contributed by atoms with Gasteiger partial charge in [0.2, 0.25) is 0 Å². The Morgan fingerprint density at radius 2 is 1.84 bits per heavy atom. The fraction of sp³-hybridized carbons (Fsp3) is 0.143. The van der Waals surface area contributed by atoms with Crippen LogP contribution in [0.2, 0.25) is 0 Å². The summed E-state index contributed by atoms with van der Waals surface area (Å²) in [5, 5.41) is 0.652. The lowest BCUT2D eigenvalue weighted by molar-refractivity contribution is 0.301. The van der Waals surface area contributed by atoms with Gasteiger partial charge in [-0.05, 0) is 39.7 Å². The summed E-state index contributed by atoms with van der Waals surface area (Å²) in [6.45, 7) is 0.180. The third-order valence-corrected chi connectivity index (χ3v) is 3.79. The van der Waals surface area contributed by atoms with Crippen LogP contribution in [-0.2, 0) is 11.9 Å². The molecule has 0 amide bonds. The molecule has 5 heteroatoms. The van der Waals surface area contributed by atoms with E-state index in [9.17, 15) is 8.78 Å². The van der Waals surface area contributed by atoms with Crippen LogP contribution in [0.3, 0.4) is 0 Å². The largest absolute Gasteiger partial charge is 0.487 e. The summed E-state index contributed by atoms with van der Waals surface area (Å²) in [4.78, 5) is 0. The number of hydrogen-bond acceptors (Lipinski definition) is 1. The molecule has 0 aliphatic heterocycles. The van der Waals surface area contributed by atoms with Crippen LogP contribution in [-0.4, -0.2) is 0 Å². The first kappa shape index (κ1) is 14.5. The number of ether oxygens (including phenoxy) is 1. The van der Waals surface area contributed by atoms with Gasteiger partial charge in [-0.2, -0.15) is 0 Å². The van der Waals surface area contributed by atoms with E-state index in [1.54, 1.807) is 0 Å². The van der Waals surface area contributed by atoms with Crippen molar-refractivity contribution in [2.24, 2.45) is 0 Å². The standard InChI is InChI=1S/C14H10Br2F2O/c15-7-10-2-1-3-11(16)14(10)19-8-9-4-5-12(17)13(18)6-9/h1-6H,7-8H2. The molecule has 0 saturated heterocycles. The van der Waals surface area contributed by atoms with Gasteiger partial charge in [-0.3, -0.25) is 0 Å². The average molecular weight is 392 g/mol. The van der Waals surface area contributed by atoms with E-state index >= 15 is 0 Å². The minimum absolute atomic E-state index is 0.180. The Balaban J connectivity index is 2.16. The van der Waals surface area contributed by atoms with E-state index in [2.05, 4.69) is 31.9 Å². The van der Waals surface area contributed by atoms with Gasteiger partial charge in [-0.25, -0.2) is 8.78 Å². The highest BCUT2D eigenvalue weighted by Crippen LogP contribution is 2.31. The lowest BCUT2D eigenvalue weighted by atomic mass is 10.2. The van der Waals surface area contributed by atoms with Crippen LogP contribution in [0, 0.1) is 11.6 Å². The van der Waals surface area contributed by atoms with Crippen LogP contribution >= 0.6 is 31.9 Å². The Kier molecular flexibility index (Phi) is 4.93. The minimum Gasteiger partial charge on any atom is -0.487 e. The molecule has 0 N–H and O–H groups in total. The molecular formula is C14H10Br2F2O. The normalized spacial score (nSPS) is 10.5. The number of halogens is 4. The van der Waals surface area contributed by atoms with Crippen LogP contribution in [0.5, 0.6) is 5.75 Å². The van der Waals surface area contributed by atoms with Crippen molar-refractivity contribution in [1.82, 2.24) is 0 Å². The van der Waals surface area contributed by atoms with E-state index in [1.165, 1.54) is 6.07 Å². The fourth-order valence-corrected chi connectivity index (χ4v) is 2.57. The molecule has 0 aliphatic rings. The van der Waals surface area contributed by atoms with Gasteiger partial charge in [0.15, 0.2) is 11.6 Å². The molecule has 0 aromatic heterocycles. The molecule has 0 heterocycles. The monoisotopic (exact) mass is 390 g/mol. The first-order valence-corrected chi connectivity index (χ1v) is 7.43. The Labute approximate surface area is 126 Å². The summed E-state index contributed by atoms with van der Waals surface area (Å²) in [5.41, 5.74) is 1.56. The molecule has 2 rings (SSSR count). The molecule has 0 atom stereocenters. The Morgan fingerprint density at radius 1 is 1.05 bits per heavy atom. The minimum atomic E-state index is -0.867. The first-order chi connectivity index (χ1) is 9.11. The van der Waals surface area contributed by atoms with Gasteiger partial charge in [-0.15, -0.1) is 0 Å². The molecule has 0 saturated carbocycles. The van der Waals surface area contributed by atoms with Crippen molar-refractivity contribution in [2.75, 3.05) is 0 Å². The number of benzene rings is 2. The molecule has 2 aromatic rings. The van der Waals surface area contributed by atoms with E-state index < -0.39 is 11.6 Å². The molecule has 0 bridgehead atoms. The highest BCUT2D eigenvalue weighted by Gasteiger charge is 2.08. The predicted octanol–water partition coefficient (Wildman–Crippen LogP) is 5.20. The van der Waals surface area contributed by atoms with Gasteiger partial charge < -0.3 is 4.74 Å². The second-order valence-electron chi connectivity index (χ2n) is 3.90. The van der Waals surface area contributed by atoms with Gasteiger partial charge in [0.1, 0.15) is 12.4 Å². The summed E-state index contributed by atoms with van der Waals surface area (Å²) >= 11 is 6.79. The van der Waals surface area contributed by atoms with Crippen molar-refractivity contribution in [3.8, 4) is 5.75 Å². The van der Waals surface area contributed by atoms with Gasteiger partial charge in [0, 0.05) is 10.9 Å². The van der Waals surface area contributed by atoms with Crippen molar-refractivity contribution in [3.05, 3.63) is 63.6 Å². The molecule has 0 unspecified atom stereocenters. The summed E-state index contributed by atoms with van der Waals surface area (Å²) in [6, 6.07) is 9.44. The third kappa shape index (κ3) is 3.54. The fourth-order valence-electron chi connectivity index (χ4n) is 1.61. The van der Waals surface area contributed by atoms with Crippen molar-refractivity contribution >= 4 is 31.9 Å². The smallest absolute Gasteiger partial charge is 0.159 e. The lowest BCUT2D eigenvalue weighted by Gasteiger charge is -2.12. The van der Waals surface area contributed by atoms with Crippen molar-refractivity contribution < 1.29 is 13.5 Å². The van der Waals surface area contributed by atoms with Crippen LogP contribution in [0.1, 0.15) is 11.1 Å². The SMILES string of the molecule is Fc1ccc(COc2c(Br)cccc2CBr)cc1F. The molecule has 100 valence electrons. The molecule has 19 heavy (non-hydrogen) atoms. The Bertz CT molecular complexity index is 588. The second kappa shape index (κ2) is 6.48. The second-order valence-corrected chi connectivity index (χ2v) is 5.31. The van der Waals surface area contributed by atoms with Crippen molar-refractivity contribution in [3.63, 3.8) is 0 Å². The maximum Gasteiger partial charge on any atom is 0.159 e. The molecule has 1 nitrogen and oxygen atoms in total. The molecular weight excluding hydrogens is 382 g/mol. The molecule has 0 radical (unpaired) electrons. The average Bonchev–Trinajstić information content (AvgIpc) is 2.41. The van der Waals surface area contributed by atoms with Crippen LogP contribution in [0.15, 0.2) is 40.9 Å². The third-order valence-electron chi connectivity index (χ3n) is 2.56. The van der Waals surface area contributed by atoms with E-state index in [0.717, 1.165) is 22.2 Å². The van der Waals surface area contributed by atoms with Crippen molar-refractivity contribution in [1.29, 1.82) is 0 Å². The lowest BCUT2D eigenvalue weighted by Crippen LogP contribution is -2.00. The van der Waals surface area contributed by atoms with E-state index in [4.69, 9.17) is 4.74 Å². The maximum atomic E-state index is 13.1. The van der Waals surface area contributed by atoms with E-state index in [0.29, 0.717) is 16.6 Å². The Morgan fingerprint density at radius 3 is 2.53 bits per heavy atom. The number of para-hydroxylation sites is 1. The molecule has 0 aliphatic carbocycles. The predicted molar refractivity (Wildman–Crippen MR) is 77.5 cm³/mol. The van der Waals surface area contributed by atoms with Gasteiger partial charge in [0.05, 0.1) is 4.47 Å². The number of alkyl halides is 1. The quantitative estimate of drug-likeness (QED) is 0.650. The molecule has 2 aromatic carbocycles. The van der Waals surface area contributed by atoms with E-state index in [-0.39, 0.29) is 6.61 Å². The maximum absolute atomic E-state index is 13.1. The zero-order valence-electron chi connectivity index (χ0n) is 9.80. The molecule has 0 fully saturated rings. The van der Waals surface area contributed by atoms with E-state index in [1.807, 2.05) is 18.2 Å². The highest BCUT2D eigenvalue weighted by molar-refractivity contribution is 9.10. The van der Waals surface area contributed by atoms with Crippen molar-refractivity contribution in [2.45, 2.75) is 11.9 Å². The first-order valence-electron chi connectivity index (χ1n) is 5.52. The van der Waals surface area contributed by atoms with Gasteiger partial charge in [0.25, 0.3) is 0 Å². The zero-order chi connectivity index (χ0) is 13.8. The topological polar surface area (TPSA) is 9.23 Å². The summed E-state index contributed by atoms with van der Waals surface area (Å²) < 4.78 is 32.4. The van der Waals surface area contributed by atoms with Gasteiger partial charge >= 0.3 is 0 Å². The number of hydrogen-bond donors (Lipinski definition) is 0. The summed E-state index contributed by atoms with van der Waals surface area (Å²) in [6.07, 6.45) is 0. The van der Waals surface area contributed by atoms with Crippen LogP contribution < -0.4 is 4.74 Å². The molecule has 0 spiro atoms. The summed E-state index contributed by atoms with van der Waals surface area (Å²) in [5.74, 6) is -1.02.